The van der Waals surface area contributed by atoms with Crippen molar-refractivity contribution in [3.05, 3.63) is 23.8 Å². The summed E-state index contributed by atoms with van der Waals surface area (Å²) in [7, 11) is 0. The highest BCUT2D eigenvalue weighted by Gasteiger charge is 2.47. The molecule has 1 N–H and O–H groups in total. The van der Waals surface area contributed by atoms with Gasteiger partial charge in [-0.25, -0.2) is 0 Å². The van der Waals surface area contributed by atoms with Crippen LogP contribution in [0, 0.1) is 0 Å². The number of allylic oxidation sites excluding steroid dienone is 2. The Morgan fingerprint density at radius 3 is 2.42 bits per heavy atom. The van der Waals surface area contributed by atoms with Gasteiger partial charge in [-0.3, -0.25) is 0 Å². The first-order valence-electron chi connectivity index (χ1n) is 7.35. The zero-order valence-corrected chi connectivity index (χ0v) is 12.2. The van der Waals surface area contributed by atoms with Crippen LogP contribution < -0.4 is 0 Å². The standard InChI is InChI=1S/C16H26O3/c1-4-12(2)13(3)10-14-15(11-17)19-16(18-14)8-6-5-7-9-16/h4,14-15,17H,1,5-11H2,2-3H3/b13-12+/t14?,15-/m0/s1. The van der Waals surface area contributed by atoms with Crippen molar-refractivity contribution < 1.29 is 14.6 Å². The van der Waals surface area contributed by atoms with Gasteiger partial charge in [-0.15, -0.1) is 0 Å². The van der Waals surface area contributed by atoms with Crippen molar-refractivity contribution in [2.75, 3.05) is 6.61 Å². The Morgan fingerprint density at radius 1 is 1.21 bits per heavy atom. The van der Waals surface area contributed by atoms with Crippen LogP contribution >= 0.6 is 0 Å². The summed E-state index contributed by atoms with van der Waals surface area (Å²) in [5, 5.41) is 9.52. The fraction of sp³-hybridized carbons (Fsp3) is 0.750. The molecule has 1 aliphatic carbocycles. The Bertz CT molecular complexity index is 353. The predicted octanol–water partition coefficient (Wildman–Crippen LogP) is 3.34. The van der Waals surface area contributed by atoms with Crippen molar-refractivity contribution in [1.29, 1.82) is 0 Å². The van der Waals surface area contributed by atoms with Crippen LogP contribution in [-0.2, 0) is 9.47 Å². The molecule has 0 bridgehead atoms. The molecule has 1 unspecified atom stereocenters. The van der Waals surface area contributed by atoms with Crippen LogP contribution in [0.25, 0.3) is 0 Å². The molecule has 0 radical (unpaired) electrons. The van der Waals surface area contributed by atoms with Crippen molar-refractivity contribution in [1.82, 2.24) is 0 Å². The number of aliphatic hydroxyl groups is 1. The molecule has 1 heterocycles. The Morgan fingerprint density at radius 2 is 1.84 bits per heavy atom. The molecule has 2 aliphatic rings. The Kier molecular flexibility index (Phi) is 4.82. The lowest BCUT2D eigenvalue weighted by molar-refractivity contribution is -0.195. The summed E-state index contributed by atoms with van der Waals surface area (Å²) < 4.78 is 12.3. The second kappa shape index (κ2) is 6.21. The maximum Gasteiger partial charge on any atom is 0.169 e. The van der Waals surface area contributed by atoms with Crippen LogP contribution in [0.5, 0.6) is 0 Å². The molecule has 0 amide bonds. The fourth-order valence-corrected chi connectivity index (χ4v) is 3.02. The van der Waals surface area contributed by atoms with E-state index in [0.29, 0.717) is 0 Å². The lowest BCUT2D eigenvalue weighted by Crippen LogP contribution is -2.33. The topological polar surface area (TPSA) is 38.7 Å². The maximum absolute atomic E-state index is 9.52. The van der Waals surface area contributed by atoms with Crippen LogP contribution in [0.4, 0.5) is 0 Å². The molecule has 2 rings (SSSR count). The van der Waals surface area contributed by atoms with Gasteiger partial charge in [0.1, 0.15) is 6.10 Å². The van der Waals surface area contributed by atoms with Crippen LogP contribution in [0.1, 0.15) is 52.4 Å². The Labute approximate surface area is 116 Å². The van der Waals surface area contributed by atoms with Gasteiger partial charge in [0.15, 0.2) is 5.79 Å². The first-order chi connectivity index (χ1) is 9.10. The molecule has 1 spiro atoms. The van der Waals surface area contributed by atoms with Gasteiger partial charge in [0, 0.05) is 12.8 Å². The van der Waals surface area contributed by atoms with E-state index in [1.165, 1.54) is 17.6 Å². The van der Waals surface area contributed by atoms with Crippen molar-refractivity contribution in [2.24, 2.45) is 0 Å². The molecule has 2 atom stereocenters. The molecule has 1 saturated heterocycles. The highest BCUT2D eigenvalue weighted by molar-refractivity contribution is 5.21. The minimum atomic E-state index is -0.418. The molecule has 2 fully saturated rings. The maximum atomic E-state index is 9.52. The lowest BCUT2D eigenvalue weighted by Gasteiger charge is -2.32. The molecule has 3 heteroatoms. The van der Waals surface area contributed by atoms with Gasteiger partial charge in [-0.2, -0.15) is 0 Å². The van der Waals surface area contributed by atoms with E-state index in [4.69, 9.17) is 9.47 Å². The average molecular weight is 266 g/mol. The molecule has 108 valence electrons. The smallest absolute Gasteiger partial charge is 0.169 e. The van der Waals surface area contributed by atoms with Crippen LogP contribution in [0.2, 0.25) is 0 Å². The molecule has 3 nitrogen and oxygen atoms in total. The zero-order valence-electron chi connectivity index (χ0n) is 12.2. The summed E-state index contributed by atoms with van der Waals surface area (Å²) in [5.41, 5.74) is 2.44. The van der Waals surface area contributed by atoms with Crippen molar-refractivity contribution in [3.8, 4) is 0 Å². The molecule has 1 aliphatic heterocycles. The highest BCUT2D eigenvalue weighted by Crippen LogP contribution is 2.41. The minimum absolute atomic E-state index is 0.0296. The third-order valence-electron chi connectivity index (χ3n) is 4.43. The quantitative estimate of drug-likeness (QED) is 0.793. The average Bonchev–Trinajstić information content (AvgIpc) is 2.76. The largest absolute Gasteiger partial charge is 0.394 e. The number of hydrogen-bond acceptors (Lipinski definition) is 3. The first kappa shape index (κ1) is 14.8. The fourth-order valence-electron chi connectivity index (χ4n) is 3.02. The molecular weight excluding hydrogens is 240 g/mol. The number of rotatable bonds is 4. The van der Waals surface area contributed by atoms with Gasteiger partial charge >= 0.3 is 0 Å². The van der Waals surface area contributed by atoms with Gasteiger partial charge < -0.3 is 14.6 Å². The van der Waals surface area contributed by atoms with E-state index in [-0.39, 0.29) is 18.8 Å². The summed E-state index contributed by atoms with van der Waals surface area (Å²) in [5.74, 6) is -0.418. The van der Waals surface area contributed by atoms with Gasteiger partial charge in [0.2, 0.25) is 0 Å². The Hall–Kier alpha value is -0.640. The summed E-state index contributed by atoms with van der Waals surface area (Å²) in [6, 6.07) is 0. The van der Waals surface area contributed by atoms with Crippen molar-refractivity contribution in [3.63, 3.8) is 0 Å². The summed E-state index contributed by atoms with van der Waals surface area (Å²) in [6.45, 7) is 7.99. The van der Waals surface area contributed by atoms with E-state index in [2.05, 4.69) is 20.4 Å². The predicted molar refractivity (Wildman–Crippen MR) is 75.8 cm³/mol. The van der Waals surface area contributed by atoms with Crippen molar-refractivity contribution >= 4 is 0 Å². The molecular formula is C16H26O3. The van der Waals surface area contributed by atoms with E-state index >= 15 is 0 Å². The van der Waals surface area contributed by atoms with Gasteiger partial charge in [0.05, 0.1) is 12.7 Å². The summed E-state index contributed by atoms with van der Waals surface area (Å²) >= 11 is 0. The second-order valence-electron chi connectivity index (χ2n) is 5.84. The Balaban J connectivity index is 2.06. The van der Waals surface area contributed by atoms with Crippen LogP contribution in [0.3, 0.4) is 0 Å². The summed E-state index contributed by atoms with van der Waals surface area (Å²) in [4.78, 5) is 0. The third-order valence-corrected chi connectivity index (χ3v) is 4.43. The first-order valence-corrected chi connectivity index (χ1v) is 7.35. The van der Waals surface area contributed by atoms with E-state index in [1.807, 2.05) is 6.08 Å². The molecule has 0 aromatic rings. The molecule has 0 aromatic carbocycles. The zero-order chi connectivity index (χ0) is 13.9. The van der Waals surface area contributed by atoms with E-state index in [1.54, 1.807) is 0 Å². The number of aliphatic hydroxyl groups excluding tert-OH is 1. The normalized spacial score (nSPS) is 31.3. The second-order valence-corrected chi connectivity index (χ2v) is 5.84. The van der Waals surface area contributed by atoms with Crippen molar-refractivity contribution in [2.45, 2.75) is 70.4 Å². The van der Waals surface area contributed by atoms with Gasteiger partial charge in [-0.1, -0.05) is 30.2 Å². The van der Waals surface area contributed by atoms with Gasteiger partial charge in [0.25, 0.3) is 0 Å². The highest BCUT2D eigenvalue weighted by atomic mass is 16.8. The number of ether oxygens (including phenoxy) is 2. The lowest BCUT2D eigenvalue weighted by atomic mass is 9.94. The van der Waals surface area contributed by atoms with E-state index in [0.717, 1.165) is 32.1 Å². The van der Waals surface area contributed by atoms with Gasteiger partial charge in [-0.05, 0) is 33.1 Å². The minimum Gasteiger partial charge on any atom is -0.394 e. The summed E-state index contributed by atoms with van der Waals surface area (Å²) in [6.07, 6.45) is 7.96. The monoisotopic (exact) mass is 266 g/mol. The van der Waals surface area contributed by atoms with Crippen LogP contribution in [0.15, 0.2) is 23.8 Å². The molecule has 19 heavy (non-hydrogen) atoms. The van der Waals surface area contributed by atoms with E-state index < -0.39 is 5.79 Å². The third kappa shape index (κ3) is 3.28. The van der Waals surface area contributed by atoms with E-state index in [9.17, 15) is 5.11 Å². The molecule has 0 aromatic heterocycles. The SMILES string of the molecule is C=C/C(C)=C(\C)CC1OC2(CCCCC2)O[C@H]1CO. The molecule has 1 saturated carbocycles. The number of hydrogen-bond donors (Lipinski definition) is 1. The van der Waals surface area contributed by atoms with Crippen LogP contribution in [-0.4, -0.2) is 29.7 Å².